The Morgan fingerprint density at radius 3 is 2.36 bits per heavy atom. The van der Waals surface area contributed by atoms with Crippen molar-refractivity contribution in [2.75, 3.05) is 38.0 Å². The second-order valence-corrected chi connectivity index (χ2v) is 11.2. The molecule has 0 spiro atoms. The normalized spacial score (nSPS) is 22.7. The van der Waals surface area contributed by atoms with Gasteiger partial charge in [0.05, 0.1) is 11.1 Å². The minimum atomic E-state index is -0.963. The summed E-state index contributed by atoms with van der Waals surface area (Å²) in [6.45, 7) is 4.87. The van der Waals surface area contributed by atoms with Crippen molar-refractivity contribution >= 4 is 35.2 Å². The molecule has 1 atom stereocenters. The van der Waals surface area contributed by atoms with Crippen molar-refractivity contribution in [1.29, 1.82) is 0 Å². The number of amides is 5. The van der Waals surface area contributed by atoms with Crippen LogP contribution in [0.5, 0.6) is 0 Å². The number of piperidine rings is 3. The van der Waals surface area contributed by atoms with Gasteiger partial charge in [-0.25, -0.2) is 0 Å². The Kier molecular flexibility index (Phi) is 8.60. The molecule has 4 aliphatic heterocycles. The molecule has 10 nitrogen and oxygen atoms in total. The fourth-order valence-corrected chi connectivity index (χ4v) is 6.31. The van der Waals surface area contributed by atoms with Gasteiger partial charge in [-0.05, 0) is 76.2 Å². The van der Waals surface area contributed by atoms with Gasteiger partial charge >= 0.3 is 0 Å². The third-order valence-corrected chi connectivity index (χ3v) is 8.56. The summed E-state index contributed by atoms with van der Waals surface area (Å²) in [6.07, 6.45) is 9.63. The predicted octanol–water partition coefficient (Wildman–Crippen LogP) is 2.54. The number of imide groups is 2. The lowest BCUT2D eigenvalue weighted by molar-refractivity contribution is -0.136. The molecule has 0 aliphatic carbocycles. The van der Waals surface area contributed by atoms with Crippen molar-refractivity contribution in [3.8, 4) is 0 Å². The van der Waals surface area contributed by atoms with E-state index in [0.717, 1.165) is 55.8 Å². The van der Waals surface area contributed by atoms with Crippen LogP contribution < -0.4 is 10.6 Å². The minimum Gasteiger partial charge on any atom is -0.385 e. The number of benzene rings is 1. The largest absolute Gasteiger partial charge is 0.385 e. The smallest absolute Gasteiger partial charge is 0.262 e. The zero-order chi connectivity index (χ0) is 27.4. The number of hydrogen-bond donors (Lipinski definition) is 2. The maximum Gasteiger partial charge on any atom is 0.262 e. The van der Waals surface area contributed by atoms with Crippen LogP contribution in [0.1, 0.15) is 91.3 Å². The van der Waals surface area contributed by atoms with E-state index in [2.05, 4.69) is 15.5 Å². The summed E-state index contributed by atoms with van der Waals surface area (Å²) in [5, 5.41) is 5.51. The van der Waals surface area contributed by atoms with Crippen molar-refractivity contribution in [1.82, 2.24) is 20.0 Å². The highest BCUT2D eigenvalue weighted by atomic mass is 16.2. The van der Waals surface area contributed by atoms with Crippen LogP contribution in [0, 0.1) is 0 Å². The van der Waals surface area contributed by atoms with E-state index in [0.29, 0.717) is 19.0 Å². The van der Waals surface area contributed by atoms with Gasteiger partial charge in [0.2, 0.25) is 17.7 Å². The van der Waals surface area contributed by atoms with Gasteiger partial charge in [-0.1, -0.05) is 12.8 Å². The fourth-order valence-electron chi connectivity index (χ4n) is 6.31. The lowest BCUT2D eigenvalue weighted by atomic mass is 9.99. The Labute approximate surface area is 229 Å². The van der Waals surface area contributed by atoms with Crippen LogP contribution in [0.15, 0.2) is 18.2 Å². The van der Waals surface area contributed by atoms with Gasteiger partial charge in [0.15, 0.2) is 0 Å². The third kappa shape index (κ3) is 6.16. The van der Waals surface area contributed by atoms with Crippen molar-refractivity contribution in [3.05, 3.63) is 29.3 Å². The SMILES string of the molecule is O=C1CCC(N2C(=O)c3ccc(NCCCCCC(=O)N4CCC(N5CCCCC5)CC4)cc3C2=O)C(=O)N1. The maximum atomic E-state index is 13.0. The highest BCUT2D eigenvalue weighted by Gasteiger charge is 2.44. The van der Waals surface area contributed by atoms with E-state index in [9.17, 15) is 24.0 Å². The van der Waals surface area contributed by atoms with Gasteiger partial charge in [-0.3, -0.25) is 34.2 Å². The van der Waals surface area contributed by atoms with Crippen molar-refractivity contribution in [2.24, 2.45) is 0 Å². The molecule has 4 aliphatic rings. The monoisotopic (exact) mass is 537 g/mol. The number of nitrogens with one attached hydrogen (secondary N) is 2. The van der Waals surface area contributed by atoms with Crippen LogP contribution >= 0.6 is 0 Å². The molecular formula is C29H39N5O5. The Morgan fingerprint density at radius 1 is 0.872 bits per heavy atom. The first-order chi connectivity index (χ1) is 18.9. The first-order valence-electron chi connectivity index (χ1n) is 14.5. The summed E-state index contributed by atoms with van der Waals surface area (Å²) >= 11 is 0. The van der Waals surface area contributed by atoms with Gasteiger partial charge in [0, 0.05) is 44.2 Å². The Hall–Kier alpha value is -3.27. The molecule has 1 unspecified atom stereocenters. The molecule has 4 heterocycles. The van der Waals surface area contributed by atoms with Crippen LogP contribution in [-0.4, -0.2) is 89.0 Å². The summed E-state index contributed by atoms with van der Waals surface area (Å²) in [5.74, 6) is -1.75. The predicted molar refractivity (Wildman–Crippen MR) is 145 cm³/mol. The van der Waals surface area contributed by atoms with E-state index >= 15 is 0 Å². The molecule has 3 fully saturated rings. The molecule has 210 valence electrons. The van der Waals surface area contributed by atoms with E-state index in [1.807, 2.05) is 4.90 Å². The van der Waals surface area contributed by atoms with E-state index < -0.39 is 29.7 Å². The number of carbonyl (C=O) groups is 5. The summed E-state index contributed by atoms with van der Waals surface area (Å²) in [4.78, 5) is 67.8. The molecular weight excluding hydrogens is 498 g/mol. The lowest BCUT2D eigenvalue weighted by Gasteiger charge is -2.40. The number of carbonyl (C=O) groups excluding carboxylic acids is 5. The minimum absolute atomic E-state index is 0.0967. The molecule has 39 heavy (non-hydrogen) atoms. The van der Waals surface area contributed by atoms with Crippen LogP contribution in [0.3, 0.4) is 0 Å². The van der Waals surface area contributed by atoms with Crippen molar-refractivity contribution < 1.29 is 24.0 Å². The second kappa shape index (κ2) is 12.3. The van der Waals surface area contributed by atoms with Crippen LogP contribution in [-0.2, 0) is 14.4 Å². The lowest BCUT2D eigenvalue weighted by Crippen LogP contribution is -2.54. The molecule has 0 saturated carbocycles. The number of likely N-dealkylation sites (tertiary alicyclic amines) is 2. The molecule has 1 aromatic carbocycles. The molecule has 0 bridgehead atoms. The van der Waals surface area contributed by atoms with Gasteiger partial charge in [-0.15, -0.1) is 0 Å². The fraction of sp³-hybridized carbons (Fsp3) is 0.621. The molecule has 3 saturated heterocycles. The number of anilines is 1. The summed E-state index contributed by atoms with van der Waals surface area (Å²) in [5.41, 5.74) is 1.27. The average Bonchev–Trinajstić information content (AvgIpc) is 3.20. The zero-order valence-corrected chi connectivity index (χ0v) is 22.6. The molecule has 0 aromatic heterocycles. The van der Waals surface area contributed by atoms with Crippen LogP contribution in [0.4, 0.5) is 5.69 Å². The van der Waals surface area contributed by atoms with Crippen molar-refractivity contribution in [2.45, 2.75) is 82.7 Å². The standard InChI is InChI=1S/C29H39N5O5/c35-25-11-10-24(27(37)31-25)34-28(38)22-9-8-20(19-23(22)29(34)39)30-14-4-1-3-7-26(36)33-17-12-21(13-18-33)32-15-5-2-6-16-32/h8-9,19,21,24,30H,1-7,10-18H2,(H,31,35,37). The Bertz CT molecular complexity index is 1120. The topological polar surface area (TPSA) is 119 Å². The van der Waals surface area contributed by atoms with Gasteiger partial charge < -0.3 is 15.1 Å². The number of unbranched alkanes of at least 4 members (excludes halogenated alkanes) is 2. The molecule has 0 radical (unpaired) electrons. The summed E-state index contributed by atoms with van der Waals surface area (Å²) in [6, 6.07) is 4.70. The highest BCUT2D eigenvalue weighted by molar-refractivity contribution is 6.23. The number of nitrogens with zero attached hydrogens (tertiary/aromatic N) is 3. The first kappa shape index (κ1) is 27.3. The van der Waals surface area contributed by atoms with Crippen LogP contribution in [0.2, 0.25) is 0 Å². The molecule has 1 aromatic rings. The number of hydrogen-bond acceptors (Lipinski definition) is 7. The van der Waals surface area contributed by atoms with E-state index in [4.69, 9.17) is 0 Å². The summed E-state index contributed by atoms with van der Waals surface area (Å²) in [7, 11) is 0. The zero-order valence-electron chi connectivity index (χ0n) is 22.6. The van der Waals surface area contributed by atoms with E-state index in [1.165, 1.54) is 32.4 Å². The van der Waals surface area contributed by atoms with E-state index in [-0.39, 0.29) is 29.9 Å². The Morgan fingerprint density at radius 2 is 1.62 bits per heavy atom. The number of rotatable bonds is 9. The molecule has 5 amide bonds. The highest BCUT2D eigenvalue weighted by Crippen LogP contribution is 2.29. The second-order valence-electron chi connectivity index (χ2n) is 11.2. The van der Waals surface area contributed by atoms with E-state index in [1.54, 1.807) is 18.2 Å². The maximum absolute atomic E-state index is 13.0. The van der Waals surface area contributed by atoms with Gasteiger partial charge in [-0.2, -0.15) is 0 Å². The van der Waals surface area contributed by atoms with Crippen LogP contribution in [0.25, 0.3) is 0 Å². The quantitative estimate of drug-likeness (QED) is 0.367. The van der Waals surface area contributed by atoms with Gasteiger partial charge in [0.25, 0.3) is 11.8 Å². The Balaban J connectivity index is 1.01. The average molecular weight is 538 g/mol. The molecule has 5 rings (SSSR count). The summed E-state index contributed by atoms with van der Waals surface area (Å²) < 4.78 is 0. The van der Waals surface area contributed by atoms with Crippen molar-refractivity contribution in [3.63, 3.8) is 0 Å². The third-order valence-electron chi connectivity index (χ3n) is 8.56. The first-order valence-corrected chi connectivity index (χ1v) is 14.5. The number of fused-ring (bicyclic) bond motifs is 1. The molecule has 10 heteroatoms. The molecule has 2 N–H and O–H groups in total. The van der Waals surface area contributed by atoms with Gasteiger partial charge in [0.1, 0.15) is 6.04 Å².